The molecule has 0 radical (unpaired) electrons. The molecule has 2 aliphatic rings. The van der Waals surface area contributed by atoms with Crippen LogP contribution in [0, 0.1) is 0 Å². The minimum absolute atomic E-state index is 0.176. The van der Waals surface area contributed by atoms with E-state index in [1.807, 2.05) is 0 Å². The second kappa shape index (κ2) is 20.5. The molecule has 2 saturated heterocycles. The van der Waals surface area contributed by atoms with Crippen molar-refractivity contribution in [2.75, 3.05) is 105 Å². The Hall–Kier alpha value is -0.600. The second-order valence-corrected chi connectivity index (χ2v) is 10.2. The molecule has 2 fully saturated rings. The Kier molecular flexibility index (Phi) is 18.4. The Morgan fingerprint density at radius 2 is 0.907 bits per heavy atom. The van der Waals surface area contributed by atoms with Crippen molar-refractivity contribution in [1.82, 2.24) is 0 Å². The molecule has 0 N–H and O–H groups in total. The van der Waals surface area contributed by atoms with Crippen molar-refractivity contribution in [3.8, 4) is 0 Å². The maximum Gasteiger partial charge on any atom is 0.187 e. The fraction of sp³-hybridized carbons (Fsp3) is 1.00. The normalized spacial score (nSPS) is 34.3. The largest absolute Gasteiger partial charge is 0.382 e. The smallest absolute Gasteiger partial charge is 0.187 e. The summed E-state index contributed by atoms with van der Waals surface area (Å²) in [6.45, 7) is 0.894. The van der Waals surface area contributed by atoms with Crippen molar-refractivity contribution in [3.63, 3.8) is 0 Å². The molecule has 0 aliphatic carbocycles. The molecule has 0 aromatic rings. The number of ether oxygens (including phenoxy) is 15. The molecule has 43 heavy (non-hydrogen) atoms. The fourth-order valence-corrected chi connectivity index (χ4v) is 5.71. The maximum absolute atomic E-state index is 6.68. The van der Waals surface area contributed by atoms with E-state index in [0.717, 1.165) is 0 Å². The molecule has 0 amide bonds. The van der Waals surface area contributed by atoms with Gasteiger partial charge < -0.3 is 71.1 Å². The Balaban J connectivity index is 2.50. The maximum atomic E-state index is 6.68. The highest BCUT2D eigenvalue weighted by Crippen LogP contribution is 2.35. The van der Waals surface area contributed by atoms with Crippen LogP contribution in [0.3, 0.4) is 0 Å². The number of hydrogen-bond donors (Lipinski definition) is 0. The summed E-state index contributed by atoms with van der Waals surface area (Å²) in [5.74, 6) is 0. The van der Waals surface area contributed by atoms with Crippen LogP contribution in [-0.4, -0.2) is 184 Å². The van der Waals surface area contributed by atoms with Crippen molar-refractivity contribution < 1.29 is 71.1 Å². The molecule has 15 heteroatoms. The Bertz CT molecular complexity index is 720. The third-order valence-electron chi connectivity index (χ3n) is 7.79. The van der Waals surface area contributed by atoms with E-state index in [2.05, 4.69) is 0 Å². The number of hydrogen-bond acceptors (Lipinski definition) is 15. The van der Waals surface area contributed by atoms with Gasteiger partial charge in [0.15, 0.2) is 12.6 Å². The van der Waals surface area contributed by atoms with E-state index in [1.54, 1.807) is 71.1 Å². The molecule has 0 aromatic heterocycles. The molecule has 0 spiro atoms. The van der Waals surface area contributed by atoms with Crippen LogP contribution in [0.5, 0.6) is 0 Å². The van der Waals surface area contributed by atoms with Gasteiger partial charge in [-0.1, -0.05) is 0 Å². The summed E-state index contributed by atoms with van der Waals surface area (Å²) in [5.41, 5.74) is 0. The molecule has 13 atom stereocenters. The SMILES string of the molecule is COC[C@H](OC)[C@@H](OC)[C@@H](O[C@@H]1O[C@H](COC)[C@H](OC)[C@H](O[C@@H]2O[C@H](COC)[C@H](OC)[C@H]2OC)[C@H]1OC)[C@@H](COC)OC. The van der Waals surface area contributed by atoms with Crippen LogP contribution >= 0.6 is 0 Å². The first kappa shape index (κ1) is 38.6. The fourth-order valence-electron chi connectivity index (χ4n) is 5.71. The van der Waals surface area contributed by atoms with Gasteiger partial charge in [0.25, 0.3) is 0 Å². The molecule has 256 valence electrons. The van der Waals surface area contributed by atoms with Gasteiger partial charge in [-0.3, -0.25) is 0 Å². The molecule has 0 bridgehead atoms. The van der Waals surface area contributed by atoms with Crippen molar-refractivity contribution in [3.05, 3.63) is 0 Å². The third kappa shape index (κ3) is 9.70. The summed E-state index contributed by atoms with van der Waals surface area (Å²) in [6.07, 6.45) is -8.63. The van der Waals surface area contributed by atoms with Gasteiger partial charge in [-0.05, 0) is 0 Å². The molecule has 2 heterocycles. The topological polar surface area (TPSA) is 138 Å². The van der Waals surface area contributed by atoms with Crippen molar-refractivity contribution in [1.29, 1.82) is 0 Å². The predicted octanol–water partition coefficient (Wildman–Crippen LogP) is -0.103. The highest BCUT2D eigenvalue weighted by atomic mass is 16.8. The highest BCUT2D eigenvalue weighted by Gasteiger charge is 2.54. The number of rotatable bonds is 22. The first-order valence-corrected chi connectivity index (χ1v) is 14.1. The summed E-state index contributed by atoms with van der Waals surface area (Å²) in [7, 11) is 17.3. The zero-order valence-corrected chi connectivity index (χ0v) is 27.5. The molecule has 2 rings (SSSR count). The van der Waals surface area contributed by atoms with E-state index in [1.165, 1.54) is 7.11 Å². The monoisotopic (exact) mass is 630 g/mol. The first-order chi connectivity index (χ1) is 20.9. The lowest BCUT2D eigenvalue weighted by Gasteiger charge is -2.47. The van der Waals surface area contributed by atoms with Crippen LogP contribution in [0.4, 0.5) is 0 Å². The predicted molar refractivity (Wildman–Crippen MR) is 150 cm³/mol. The summed E-state index contributed by atoms with van der Waals surface area (Å²) in [4.78, 5) is 0. The van der Waals surface area contributed by atoms with E-state index in [9.17, 15) is 0 Å². The van der Waals surface area contributed by atoms with Gasteiger partial charge >= 0.3 is 0 Å². The molecule has 0 unspecified atom stereocenters. The van der Waals surface area contributed by atoms with Gasteiger partial charge in [-0.25, -0.2) is 0 Å². The molecule has 2 aliphatic heterocycles. The van der Waals surface area contributed by atoms with Gasteiger partial charge in [0.1, 0.15) is 67.1 Å². The van der Waals surface area contributed by atoms with E-state index in [4.69, 9.17) is 71.1 Å². The van der Waals surface area contributed by atoms with Crippen LogP contribution in [0.15, 0.2) is 0 Å². The van der Waals surface area contributed by atoms with Crippen LogP contribution < -0.4 is 0 Å². The van der Waals surface area contributed by atoms with E-state index < -0.39 is 79.7 Å². The summed E-state index contributed by atoms with van der Waals surface area (Å²) < 4.78 is 88.3. The Morgan fingerprint density at radius 3 is 1.33 bits per heavy atom. The minimum atomic E-state index is -1.01. The zero-order chi connectivity index (χ0) is 31.9. The minimum Gasteiger partial charge on any atom is -0.382 e. The average molecular weight is 631 g/mol. The molecule has 0 aromatic carbocycles. The van der Waals surface area contributed by atoms with E-state index >= 15 is 0 Å². The molecule has 15 nitrogen and oxygen atoms in total. The third-order valence-corrected chi connectivity index (χ3v) is 7.79. The van der Waals surface area contributed by atoms with Crippen molar-refractivity contribution >= 4 is 0 Å². The lowest BCUT2D eigenvalue weighted by molar-refractivity contribution is -0.355. The van der Waals surface area contributed by atoms with Gasteiger partial charge in [-0.2, -0.15) is 0 Å². The van der Waals surface area contributed by atoms with Crippen LogP contribution in [0.1, 0.15) is 0 Å². The zero-order valence-electron chi connectivity index (χ0n) is 27.5. The van der Waals surface area contributed by atoms with Crippen molar-refractivity contribution in [2.45, 2.75) is 79.7 Å². The van der Waals surface area contributed by atoms with Crippen LogP contribution in [0.2, 0.25) is 0 Å². The first-order valence-electron chi connectivity index (χ1n) is 14.1. The quantitative estimate of drug-likeness (QED) is 0.157. The molecule has 0 saturated carbocycles. The van der Waals surface area contributed by atoms with Crippen LogP contribution in [0.25, 0.3) is 0 Å². The van der Waals surface area contributed by atoms with Crippen LogP contribution in [-0.2, 0) is 71.1 Å². The van der Waals surface area contributed by atoms with Gasteiger partial charge in [0, 0.05) is 78.2 Å². The summed E-state index contributed by atoms with van der Waals surface area (Å²) >= 11 is 0. The molecular formula is C28H54O15. The van der Waals surface area contributed by atoms with E-state index in [0.29, 0.717) is 0 Å². The lowest BCUT2D eigenvalue weighted by Crippen LogP contribution is -2.64. The van der Waals surface area contributed by atoms with Gasteiger partial charge in [0.2, 0.25) is 0 Å². The summed E-state index contributed by atoms with van der Waals surface area (Å²) in [6, 6.07) is 0. The lowest BCUT2D eigenvalue weighted by atomic mass is 9.97. The number of methoxy groups -OCH3 is 11. The standard InChI is InChI=1S/C28H54O15/c1-29-12-16(33-5)20(35-7)23(17(34-6)13-30-2)42-28-26(39-11)24(21(36-8)18(40-28)14-31-3)43-27-25(38-10)22(37-9)19(41-27)15-32-4/h16-28H,12-15H2,1-11H3/t16-,17+,18+,19+,20+,21-,22-,23-,24-,25+,26+,27-,28-/m0/s1. The highest BCUT2D eigenvalue weighted by molar-refractivity contribution is 4.97. The second-order valence-electron chi connectivity index (χ2n) is 10.2. The van der Waals surface area contributed by atoms with Gasteiger partial charge in [-0.15, -0.1) is 0 Å². The Morgan fingerprint density at radius 1 is 0.465 bits per heavy atom. The van der Waals surface area contributed by atoms with Gasteiger partial charge in [0.05, 0.1) is 26.4 Å². The summed E-state index contributed by atoms with van der Waals surface area (Å²) in [5, 5.41) is 0. The van der Waals surface area contributed by atoms with E-state index in [-0.39, 0.29) is 26.4 Å². The average Bonchev–Trinajstić information content (AvgIpc) is 3.35. The molecular weight excluding hydrogens is 576 g/mol. The van der Waals surface area contributed by atoms with Crippen molar-refractivity contribution in [2.24, 2.45) is 0 Å². The Labute approximate surface area is 255 Å².